The van der Waals surface area contributed by atoms with Gasteiger partial charge < -0.3 is 14.2 Å². The van der Waals surface area contributed by atoms with E-state index in [1.54, 1.807) is 24.3 Å². The molecule has 0 N–H and O–H groups in total. The monoisotopic (exact) mass is 361 g/mol. The SMILES string of the molecule is O=C(C=Cc1ccc2ccccc2n1)OCC(=O)c1ccc2c(c1)OCO2. The molecule has 134 valence electrons. The number of Topliss-reactive ketones (excluding diaryl/α,β-unsaturated/α-hetero) is 1. The molecule has 0 atom stereocenters. The van der Waals surface area contributed by atoms with E-state index in [1.807, 2.05) is 36.4 Å². The van der Waals surface area contributed by atoms with E-state index in [9.17, 15) is 9.59 Å². The van der Waals surface area contributed by atoms with Gasteiger partial charge in [0.05, 0.1) is 11.2 Å². The summed E-state index contributed by atoms with van der Waals surface area (Å²) in [5.74, 6) is 0.168. The van der Waals surface area contributed by atoms with Crippen LogP contribution in [-0.4, -0.2) is 30.1 Å². The Kier molecular flexibility index (Phi) is 4.53. The molecule has 0 amide bonds. The van der Waals surface area contributed by atoms with E-state index < -0.39 is 5.97 Å². The Morgan fingerprint density at radius 3 is 2.81 bits per heavy atom. The summed E-state index contributed by atoms with van der Waals surface area (Å²) in [6.07, 6.45) is 2.81. The first-order chi connectivity index (χ1) is 13.2. The molecule has 1 aliphatic rings. The number of ketones is 1. The molecule has 0 unspecified atom stereocenters. The Morgan fingerprint density at radius 1 is 1.04 bits per heavy atom. The minimum Gasteiger partial charge on any atom is -0.454 e. The second-order valence-electron chi connectivity index (χ2n) is 5.86. The van der Waals surface area contributed by atoms with E-state index in [0.29, 0.717) is 22.8 Å². The molecule has 0 fully saturated rings. The van der Waals surface area contributed by atoms with Gasteiger partial charge in [-0.3, -0.25) is 4.79 Å². The van der Waals surface area contributed by atoms with Gasteiger partial charge in [0.15, 0.2) is 23.9 Å². The van der Waals surface area contributed by atoms with Crippen LogP contribution in [0.1, 0.15) is 16.1 Å². The number of pyridine rings is 1. The molecule has 0 radical (unpaired) electrons. The fourth-order valence-electron chi connectivity index (χ4n) is 2.67. The third-order valence-corrected chi connectivity index (χ3v) is 4.05. The van der Waals surface area contributed by atoms with Gasteiger partial charge in [-0.15, -0.1) is 0 Å². The molecule has 6 heteroatoms. The number of carbonyl (C=O) groups is 2. The second-order valence-corrected chi connectivity index (χ2v) is 5.86. The van der Waals surface area contributed by atoms with Crippen LogP contribution in [0.2, 0.25) is 0 Å². The third kappa shape index (κ3) is 3.79. The summed E-state index contributed by atoms with van der Waals surface area (Å²) in [5, 5.41) is 1.02. The number of aromatic nitrogens is 1. The number of nitrogens with zero attached hydrogens (tertiary/aromatic N) is 1. The summed E-state index contributed by atoms with van der Waals surface area (Å²) < 4.78 is 15.4. The van der Waals surface area contributed by atoms with Crippen LogP contribution in [0.4, 0.5) is 0 Å². The van der Waals surface area contributed by atoms with Gasteiger partial charge in [0.25, 0.3) is 0 Å². The normalized spacial score (nSPS) is 12.4. The molecule has 2 heterocycles. The molecule has 6 nitrogen and oxygen atoms in total. The van der Waals surface area contributed by atoms with Crippen LogP contribution in [-0.2, 0) is 9.53 Å². The van der Waals surface area contributed by atoms with Crippen molar-refractivity contribution >= 4 is 28.7 Å². The smallest absolute Gasteiger partial charge is 0.331 e. The van der Waals surface area contributed by atoms with Crippen LogP contribution < -0.4 is 9.47 Å². The van der Waals surface area contributed by atoms with E-state index >= 15 is 0 Å². The second kappa shape index (κ2) is 7.29. The van der Waals surface area contributed by atoms with E-state index in [2.05, 4.69) is 4.98 Å². The topological polar surface area (TPSA) is 74.7 Å². The Hall–Kier alpha value is -3.67. The minimum absolute atomic E-state index is 0.134. The number of benzene rings is 2. The number of esters is 1. The average molecular weight is 361 g/mol. The minimum atomic E-state index is -0.612. The fourth-order valence-corrected chi connectivity index (χ4v) is 2.67. The number of para-hydroxylation sites is 1. The maximum atomic E-state index is 12.2. The molecule has 0 saturated heterocycles. The summed E-state index contributed by atoms with van der Waals surface area (Å²) in [5.41, 5.74) is 1.87. The van der Waals surface area contributed by atoms with E-state index in [-0.39, 0.29) is 19.2 Å². The van der Waals surface area contributed by atoms with E-state index in [1.165, 1.54) is 6.08 Å². The lowest BCUT2D eigenvalue weighted by atomic mass is 10.1. The summed E-state index contributed by atoms with van der Waals surface area (Å²) >= 11 is 0. The number of carbonyl (C=O) groups excluding carboxylic acids is 2. The fraction of sp³-hybridized carbons (Fsp3) is 0.0952. The van der Waals surface area contributed by atoms with Crippen molar-refractivity contribution < 1.29 is 23.8 Å². The lowest BCUT2D eigenvalue weighted by Crippen LogP contribution is -2.12. The quantitative estimate of drug-likeness (QED) is 0.394. The highest BCUT2D eigenvalue weighted by Gasteiger charge is 2.16. The molecule has 0 spiro atoms. The van der Waals surface area contributed by atoms with Gasteiger partial charge in [-0.1, -0.05) is 24.3 Å². The number of ether oxygens (including phenoxy) is 3. The lowest BCUT2D eigenvalue weighted by molar-refractivity contribution is -0.136. The number of hydrogen-bond acceptors (Lipinski definition) is 6. The molecule has 0 aliphatic carbocycles. The molecular weight excluding hydrogens is 346 g/mol. The van der Waals surface area contributed by atoms with Crippen molar-refractivity contribution in [3.05, 3.63) is 71.9 Å². The molecule has 3 aromatic rings. The average Bonchev–Trinajstić information content (AvgIpc) is 3.18. The Bertz CT molecular complexity index is 1060. The highest BCUT2D eigenvalue weighted by Crippen LogP contribution is 2.32. The zero-order valence-corrected chi connectivity index (χ0v) is 14.3. The van der Waals surface area contributed by atoms with Crippen LogP contribution in [0.25, 0.3) is 17.0 Å². The molecule has 27 heavy (non-hydrogen) atoms. The summed E-state index contributed by atoms with van der Waals surface area (Å²) in [6, 6.07) is 16.3. The Balaban J connectivity index is 1.36. The molecule has 0 bridgehead atoms. The predicted octanol–water partition coefficient (Wildman–Crippen LogP) is 3.40. The first-order valence-corrected chi connectivity index (χ1v) is 8.32. The van der Waals surface area contributed by atoms with Crippen LogP contribution in [0, 0.1) is 0 Å². The number of rotatable bonds is 5. The maximum Gasteiger partial charge on any atom is 0.331 e. The largest absolute Gasteiger partial charge is 0.454 e. The maximum absolute atomic E-state index is 12.2. The summed E-state index contributed by atoms with van der Waals surface area (Å²) in [4.78, 5) is 28.5. The van der Waals surface area contributed by atoms with Crippen LogP contribution >= 0.6 is 0 Å². The van der Waals surface area contributed by atoms with E-state index in [4.69, 9.17) is 14.2 Å². The van der Waals surface area contributed by atoms with Crippen LogP contribution in [0.3, 0.4) is 0 Å². The Labute approximate surface area is 155 Å². The van der Waals surface area contributed by atoms with Crippen molar-refractivity contribution in [3.63, 3.8) is 0 Å². The van der Waals surface area contributed by atoms with E-state index in [0.717, 1.165) is 10.9 Å². The van der Waals surface area contributed by atoms with Gasteiger partial charge in [-0.05, 0) is 36.4 Å². The first kappa shape index (κ1) is 16.8. The molecule has 0 saturated carbocycles. The molecule has 4 rings (SSSR count). The first-order valence-electron chi connectivity index (χ1n) is 8.32. The van der Waals surface area contributed by atoms with Crippen molar-refractivity contribution in [1.82, 2.24) is 4.98 Å². The highest BCUT2D eigenvalue weighted by molar-refractivity contribution is 5.99. The highest BCUT2D eigenvalue weighted by atomic mass is 16.7. The van der Waals surface area contributed by atoms with Gasteiger partial charge in [-0.25, -0.2) is 9.78 Å². The molecule has 1 aliphatic heterocycles. The van der Waals surface area contributed by atoms with Gasteiger partial charge in [-0.2, -0.15) is 0 Å². The standard InChI is InChI=1S/C21H15NO5/c23-18(15-6-9-19-20(11-15)27-13-26-19)12-25-21(24)10-8-16-7-5-14-3-1-2-4-17(14)22-16/h1-11H,12-13H2. The van der Waals surface area contributed by atoms with Crippen molar-refractivity contribution in [3.8, 4) is 11.5 Å². The van der Waals surface area contributed by atoms with Gasteiger partial charge >= 0.3 is 5.97 Å². The molecule has 2 aromatic carbocycles. The van der Waals surface area contributed by atoms with Gasteiger partial charge in [0, 0.05) is 17.0 Å². The predicted molar refractivity (Wildman–Crippen MR) is 98.6 cm³/mol. The van der Waals surface area contributed by atoms with Crippen molar-refractivity contribution in [2.24, 2.45) is 0 Å². The van der Waals surface area contributed by atoms with Crippen molar-refractivity contribution in [2.75, 3.05) is 13.4 Å². The zero-order chi connectivity index (χ0) is 18.6. The van der Waals surface area contributed by atoms with Gasteiger partial charge in [0.1, 0.15) is 0 Å². The van der Waals surface area contributed by atoms with Crippen LogP contribution in [0.5, 0.6) is 11.5 Å². The van der Waals surface area contributed by atoms with Crippen molar-refractivity contribution in [1.29, 1.82) is 0 Å². The van der Waals surface area contributed by atoms with Crippen LogP contribution in [0.15, 0.2) is 60.7 Å². The summed E-state index contributed by atoms with van der Waals surface area (Å²) in [6.45, 7) is -0.219. The number of fused-ring (bicyclic) bond motifs is 2. The molecule has 1 aromatic heterocycles. The van der Waals surface area contributed by atoms with Gasteiger partial charge in [0.2, 0.25) is 6.79 Å². The number of hydrogen-bond donors (Lipinski definition) is 0. The zero-order valence-electron chi connectivity index (χ0n) is 14.3. The lowest BCUT2D eigenvalue weighted by Gasteiger charge is -2.03. The Morgan fingerprint density at radius 2 is 1.89 bits per heavy atom. The van der Waals surface area contributed by atoms with Crippen molar-refractivity contribution in [2.45, 2.75) is 0 Å². The molecular formula is C21H15NO5. The summed E-state index contributed by atoms with van der Waals surface area (Å²) in [7, 11) is 0. The third-order valence-electron chi connectivity index (χ3n) is 4.05.